The minimum Gasteiger partial charge on any atom is -0.321 e. The van der Waals surface area contributed by atoms with Crippen LogP contribution in [0.15, 0.2) is 69.7 Å². The molecule has 0 bridgehead atoms. The van der Waals surface area contributed by atoms with Gasteiger partial charge in [-0.3, -0.25) is 4.79 Å². The van der Waals surface area contributed by atoms with Gasteiger partial charge in [-0.05, 0) is 29.7 Å². The Labute approximate surface area is 153 Å². The van der Waals surface area contributed by atoms with E-state index >= 15 is 0 Å². The Bertz CT molecular complexity index is 1270. The molecule has 4 rings (SSSR count). The number of aromatic nitrogens is 2. The van der Waals surface area contributed by atoms with E-state index in [1.54, 1.807) is 24.3 Å². The van der Waals surface area contributed by atoms with E-state index in [1.165, 1.54) is 17.6 Å². The Morgan fingerprint density at radius 1 is 1.04 bits per heavy atom. The summed E-state index contributed by atoms with van der Waals surface area (Å²) < 4.78 is 23.1. The number of nitrogens with one attached hydrogen (secondary N) is 1. The third kappa shape index (κ3) is 3.07. The zero-order chi connectivity index (χ0) is 18.3. The van der Waals surface area contributed by atoms with Crippen LogP contribution < -0.4 is 5.56 Å². The van der Waals surface area contributed by atoms with Crippen molar-refractivity contribution in [2.24, 2.45) is 0 Å². The second-order valence-electron chi connectivity index (χ2n) is 5.93. The highest BCUT2D eigenvalue weighted by Gasteiger charge is 2.12. The van der Waals surface area contributed by atoms with Crippen molar-refractivity contribution in [3.8, 4) is 21.8 Å². The molecule has 2 heterocycles. The first-order chi connectivity index (χ1) is 12.4. The summed E-state index contributed by atoms with van der Waals surface area (Å²) in [7, 11) is -3.23. The smallest absolute Gasteiger partial charge is 0.258 e. The standard InChI is InChI=1S/C19H14N2O3S2/c1-26(23,24)14-8-6-12(7-9-14)17-11-25-19(21-17)15-10-13-4-2-3-5-16(13)20-18(15)22/h2-11H,1H3,(H,20,22). The van der Waals surface area contributed by atoms with Crippen LogP contribution in [0.1, 0.15) is 0 Å². The fraction of sp³-hybridized carbons (Fsp3) is 0.0526. The van der Waals surface area contributed by atoms with Gasteiger partial charge in [0, 0.05) is 22.7 Å². The number of benzene rings is 2. The van der Waals surface area contributed by atoms with Crippen molar-refractivity contribution in [3.05, 3.63) is 70.3 Å². The molecule has 0 saturated carbocycles. The van der Waals surface area contributed by atoms with Gasteiger partial charge in [0.05, 0.1) is 16.2 Å². The first-order valence-corrected chi connectivity index (χ1v) is 10.6. The minimum absolute atomic E-state index is 0.183. The number of hydrogen-bond donors (Lipinski definition) is 1. The molecule has 0 fully saturated rings. The maximum atomic E-state index is 12.4. The van der Waals surface area contributed by atoms with Crippen molar-refractivity contribution in [1.82, 2.24) is 9.97 Å². The Morgan fingerprint density at radius 3 is 2.50 bits per heavy atom. The predicted molar refractivity (Wildman–Crippen MR) is 104 cm³/mol. The van der Waals surface area contributed by atoms with Crippen molar-refractivity contribution in [2.75, 3.05) is 6.26 Å². The average molecular weight is 382 g/mol. The van der Waals surface area contributed by atoms with Crippen LogP contribution in [0.25, 0.3) is 32.7 Å². The van der Waals surface area contributed by atoms with Crippen LogP contribution in [0, 0.1) is 0 Å². The molecule has 0 aliphatic heterocycles. The number of rotatable bonds is 3. The summed E-state index contributed by atoms with van der Waals surface area (Å²) >= 11 is 1.38. The van der Waals surface area contributed by atoms with Gasteiger partial charge in [-0.15, -0.1) is 11.3 Å². The monoisotopic (exact) mass is 382 g/mol. The molecule has 0 amide bonds. The molecule has 5 nitrogen and oxygen atoms in total. The number of aromatic amines is 1. The SMILES string of the molecule is CS(=O)(=O)c1ccc(-c2csc(-c3cc4ccccc4[nH]c3=O)n2)cc1. The van der Waals surface area contributed by atoms with Crippen LogP contribution in [0.5, 0.6) is 0 Å². The third-order valence-corrected chi connectivity index (χ3v) is 6.07. The molecular formula is C19H14N2O3S2. The molecule has 2 aromatic heterocycles. The summed E-state index contributed by atoms with van der Waals surface area (Å²) in [5, 5.41) is 3.43. The highest BCUT2D eigenvalue weighted by Crippen LogP contribution is 2.28. The molecule has 130 valence electrons. The zero-order valence-electron chi connectivity index (χ0n) is 13.8. The molecule has 1 N–H and O–H groups in total. The van der Waals surface area contributed by atoms with Gasteiger partial charge in [0.15, 0.2) is 9.84 Å². The second kappa shape index (κ2) is 6.19. The topological polar surface area (TPSA) is 79.9 Å². The van der Waals surface area contributed by atoms with Gasteiger partial charge in [0.1, 0.15) is 5.01 Å². The molecule has 0 aliphatic rings. The van der Waals surface area contributed by atoms with Crippen molar-refractivity contribution >= 4 is 32.1 Å². The quantitative estimate of drug-likeness (QED) is 0.586. The summed E-state index contributed by atoms with van der Waals surface area (Å²) in [6, 6.07) is 16.0. The summed E-state index contributed by atoms with van der Waals surface area (Å²) in [6.45, 7) is 0. The molecular weight excluding hydrogens is 368 g/mol. The van der Waals surface area contributed by atoms with Crippen molar-refractivity contribution < 1.29 is 8.42 Å². The van der Waals surface area contributed by atoms with Crippen LogP contribution in [-0.4, -0.2) is 24.6 Å². The molecule has 0 spiro atoms. The van der Waals surface area contributed by atoms with Crippen molar-refractivity contribution in [3.63, 3.8) is 0 Å². The normalized spacial score (nSPS) is 11.7. The number of nitrogens with zero attached hydrogens (tertiary/aromatic N) is 1. The van der Waals surface area contributed by atoms with E-state index in [0.29, 0.717) is 16.3 Å². The van der Waals surface area contributed by atoms with Gasteiger partial charge in [-0.25, -0.2) is 13.4 Å². The number of fused-ring (bicyclic) bond motifs is 1. The minimum atomic E-state index is -3.23. The van der Waals surface area contributed by atoms with E-state index in [4.69, 9.17) is 0 Å². The van der Waals surface area contributed by atoms with Crippen molar-refractivity contribution in [2.45, 2.75) is 4.90 Å². The molecule has 0 radical (unpaired) electrons. The van der Waals surface area contributed by atoms with Crippen LogP contribution in [0.2, 0.25) is 0 Å². The molecule has 4 aromatic rings. The first-order valence-electron chi connectivity index (χ1n) is 7.80. The fourth-order valence-corrected chi connectivity index (χ4v) is 4.18. The van der Waals surface area contributed by atoms with Crippen LogP contribution in [-0.2, 0) is 9.84 Å². The van der Waals surface area contributed by atoms with Gasteiger partial charge in [0.2, 0.25) is 0 Å². The first kappa shape index (κ1) is 16.7. The van der Waals surface area contributed by atoms with Gasteiger partial charge >= 0.3 is 0 Å². The molecule has 2 aromatic carbocycles. The molecule has 0 saturated heterocycles. The van der Waals surface area contributed by atoms with Crippen LogP contribution >= 0.6 is 11.3 Å². The zero-order valence-corrected chi connectivity index (χ0v) is 15.4. The Balaban J connectivity index is 1.75. The number of pyridine rings is 1. The predicted octanol–water partition coefficient (Wildman–Crippen LogP) is 3.72. The van der Waals surface area contributed by atoms with Gasteiger partial charge in [0.25, 0.3) is 5.56 Å². The average Bonchev–Trinajstić information content (AvgIpc) is 3.10. The van der Waals surface area contributed by atoms with E-state index in [9.17, 15) is 13.2 Å². The summed E-state index contributed by atoms with van der Waals surface area (Å²) in [4.78, 5) is 20.1. The second-order valence-corrected chi connectivity index (χ2v) is 8.81. The highest BCUT2D eigenvalue weighted by molar-refractivity contribution is 7.90. The summed E-state index contributed by atoms with van der Waals surface area (Å²) in [6.07, 6.45) is 1.18. The van der Waals surface area contributed by atoms with Crippen molar-refractivity contribution in [1.29, 1.82) is 0 Å². The molecule has 0 atom stereocenters. The Hall–Kier alpha value is -2.77. The third-order valence-electron chi connectivity index (χ3n) is 4.07. The molecule has 0 unspecified atom stereocenters. The maximum Gasteiger partial charge on any atom is 0.258 e. The lowest BCUT2D eigenvalue weighted by Crippen LogP contribution is -2.08. The molecule has 7 heteroatoms. The maximum absolute atomic E-state index is 12.4. The lowest BCUT2D eigenvalue weighted by molar-refractivity contribution is 0.602. The molecule has 26 heavy (non-hydrogen) atoms. The van der Waals surface area contributed by atoms with E-state index in [1.807, 2.05) is 35.7 Å². The fourth-order valence-electron chi connectivity index (χ4n) is 2.71. The number of para-hydroxylation sites is 1. The van der Waals surface area contributed by atoms with Gasteiger partial charge < -0.3 is 4.98 Å². The lowest BCUT2D eigenvalue weighted by Gasteiger charge is -2.01. The van der Waals surface area contributed by atoms with Crippen LogP contribution in [0.3, 0.4) is 0 Å². The molecule has 0 aliphatic carbocycles. The van der Waals surface area contributed by atoms with Crippen LogP contribution in [0.4, 0.5) is 0 Å². The Morgan fingerprint density at radius 2 is 1.77 bits per heavy atom. The number of hydrogen-bond acceptors (Lipinski definition) is 5. The van der Waals surface area contributed by atoms with E-state index in [2.05, 4.69) is 9.97 Å². The van der Waals surface area contributed by atoms with E-state index in [-0.39, 0.29) is 10.5 Å². The van der Waals surface area contributed by atoms with Gasteiger partial charge in [-0.2, -0.15) is 0 Å². The van der Waals surface area contributed by atoms with E-state index in [0.717, 1.165) is 16.5 Å². The number of H-pyrrole nitrogens is 1. The lowest BCUT2D eigenvalue weighted by atomic mass is 10.1. The Kier molecular flexibility index (Phi) is 3.97. The van der Waals surface area contributed by atoms with Gasteiger partial charge in [-0.1, -0.05) is 30.3 Å². The largest absolute Gasteiger partial charge is 0.321 e. The highest BCUT2D eigenvalue weighted by atomic mass is 32.2. The summed E-state index contributed by atoms with van der Waals surface area (Å²) in [5.74, 6) is 0. The number of sulfone groups is 1. The number of thiazole rings is 1. The summed E-state index contributed by atoms with van der Waals surface area (Å²) in [5.41, 5.74) is 2.63. The van der Waals surface area contributed by atoms with E-state index < -0.39 is 9.84 Å².